The topological polar surface area (TPSA) is 80.3 Å². The molecule has 1 aromatic carbocycles. The van der Waals surface area contributed by atoms with E-state index in [9.17, 15) is 9.59 Å². The lowest BCUT2D eigenvalue weighted by atomic mass is 10.2. The Morgan fingerprint density at radius 3 is 2.56 bits per heavy atom. The number of amides is 2. The number of hydrogen-bond acceptors (Lipinski definition) is 5. The molecule has 25 heavy (non-hydrogen) atoms. The zero-order valence-corrected chi connectivity index (χ0v) is 16.8. The summed E-state index contributed by atoms with van der Waals surface area (Å²) in [5.74, 6) is -0.596. The van der Waals surface area contributed by atoms with E-state index in [-0.39, 0.29) is 5.56 Å². The minimum absolute atomic E-state index is 0.246. The third-order valence-corrected chi connectivity index (χ3v) is 3.86. The van der Waals surface area contributed by atoms with Gasteiger partial charge in [-0.2, -0.15) is 0 Å². The molecule has 6 nitrogen and oxygen atoms in total. The highest BCUT2D eigenvalue weighted by molar-refractivity contribution is 14.1. The normalized spacial score (nSPS) is 10.9. The maximum atomic E-state index is 12.4. The van der Waals surface area contributed by atoms with Gasteiger partial charge in [0.15, 0.2) is 0 Å². The Kier molecular flexibility index (Phi) is 6.23. The molecule has 0 atom stereocenters. The number of halogens is 2. The van der Waals surface area contributed by atoms with Crippen LogP contribution in [0.1, 0.15) is 31.1 Å². The molecule has 0 aliphatic carbocycles. The molecule has 0 fully saturated rings. The van der Waals surface area contributed by atoms with E-state index in [0.717, 1.165) is 3.57 Å². The maximum Gasteiger partial charge on any atom is 0.414 e. The maximum absolute atomic E-state index is 12.4. The second-order valence-electron chi connectivity index (χ2n) is 6.13. The van der Waals surface area contributed by atoms with Crippen LogP contribution in [-0.2, 0) is 4.74 Å². The smallest absolute Gasteiger partial charge is 0.414 e. The van der Waals surface area contributed by atoms with Crippen LogP contribution in [-0.4, -0.2) is 22.6 Å². The molecule has 0 aliphatic heterocycles. The van der Waals surface area contributed by atoms with E-state index >= 15 is 0 Å². The molecule has 0 aliphatic rings. The van der Waals surface area contributed by atoms with Gasteiger partial charge < -0.3 is 10.1 Å². The van der Waals surface area contributed by atoms with Crippen LogP contribution in [0.3, 0.4) is 0 Å². The van der Waals surface area contributed by atoms with Crippen molar-refractivity contribution in [3.05, 3.63) is 50.8 Å². The van der Waals surface area contributed by atoms with Crippen molar-refractivity contribution in [1.82, 2.24) is 10.3 Å². The third-order valence-electron chi connectivity index (χ3n) is 2.88. The molecule has 0 unspecified atom stereocenters. The van der Waals surface area contributed by atoms with E-state index in [1.165, 1.54) is 18.5 Å². The van der Waals surface area contributed by atoms with Crippen molar-refractivity contribution in [2.75, 3.05) is 5.32 Å². The summed E-state index contributed by atoms with van der Waals surface area (Å²) in [5, 5.41) is 5.77. The third kappa shape index (κ3) is 5.86. The number of nitrogens with zero attached hydrogens (tertiary/aromatic N) is 1. The first-order valence-corrected chi connectivity index (χ1v) is 8.82. The molecular formula is C17H17ClIN3O3. The Bertz CT molecular complexity index is 806. The molecule has 2 aromatic rings. The van der Waals surface area contributed by atoms with Gasteiger partial charge in [-0.15, -0.1) is 0 Å². The molecule has 1 aromatic heterocycles. The number of aromatic nitrogens is 1. The van der Waals surface area contributed by atoms with Crippen LogP contribution in [0.15, 0.2) is 36.7 Å². The summed E-state index contributed by atoms with van der Waals surface area (Å²) in [4.78, 5) is 28.2. The minimum Gasteiger partial charge on any atom is -0.444 e. The molecular weight excluding hydrogens is 457 g/mol. The molecule has 2 rings (SSSR count). The van der Waals surface area contributed by atoms with Gasteiger partial charge in [0.2, 0.25) is 0 Å². The predicted molar refractivity (Wildman–Crippen MR) is 105 cm³/mol. The Hall–Kier alpha value is -1.87. The second-order valence-corrected chi connectivity index (χ2v) is 7.78. The zero-order valence-electron chi connectivity index (χ0n) is 13.9. The molecule has 0 spiro atoms. The Morgan fingerprint density at radius 1 is 1.20 bits per heavy atom. The number of nitrogens with one attached hydrogen (secondary N) is 2. The van der Waals surface area contributed by atoms with Crippen molar-refractivity contribution in [1.29, 1.82) is 0 Å². The van der Waals surface area contributed by atoms with Gasteiger partial charge in [-0.05, 0) is 67.6 Å². The van der Waals surface area contributed by atoms with Crippen LogP contribution < -0.4 is 10.6 Å². The number of hydrogen-bond donors (Lipinski definition) is 2. The van der Waals surface area contributed by atoms with Crippen LogP contribution in [0.5, 0.6) is 0 Å². The van der Waals surface area contributed by atoms with Crippen molar-refractivity contribution < 1.29 is 14.3 Å². The molecule has 0 saturated carbocycles. The zero-order chi connectivity index (χ0) is 18.6. The number of carbonyl (C=O) groups excluding carboxylic acids is 2. The van der Waals surface area contributed by atoms with Gasteiger partial charge in [0.1, 0.15) is 5.60 Å². The van der Waals surface area contributed by atoms with E-state index in [0.29, 0.717) is 16.4 Å². The van der Waals surface area contributed by atoms with Crippen molar-refractivity contribution in [2.24, 2.45) is 0 Å². The Labute approximate surface area is 164 Å². The summed E-state index contributed by atoms with van der Waals surface area (Å²) < 4.78 is 6.08. The van der Waals surface area contributed by atoms with Crippen LogP contribution in [0, 0.1) is 3.57 Å². The summed E-state index contributed by atoms with van der Waals surface area (Å²) >= 11 is 8.36. The summed E-state index contributed by atoms with van der Waals surface area (Å²) in [6.07, 6.45) is 2.14. The average molecular weight is 474 g/mol. The number of ether oxygens (including phenoxy) is 1. The number of imide groups is 1. The van der Waals surface area contributed by atoms with E-state index in [1.807, 2.05) is 6.07 Å². The molecule has 0 saturated heterocycles. The highest BCUT2D eigenvalue weighted by atomic mass is 127. The Morgan fingerprint density at radius 2 is 1.92 bits per heavy atom. The monoisotopic (exact) mass is 473 g/mol. The highest BCUT2D eigenvalue weighted by Crippen LogP contribution is 2.28. The quantitative estimate of drug-likeness (QED) is 0.629. The Balaban J connectivity index is 2.20. The SMILES string of the molecule is CC(C)(C)OC(=O)NC(=O)c1ccncc1Nc1ccc(I)cc1Cl. The van der Waals surface area contributed by atoms with Gasteiger partial charge in [-0.25, -0.2) is 4.79 Å². The van der Waals surface area contributed by atoms with Gasteiger partial charge in [-0.1, -0.05) is 11.6 Å². The molecule has 132 valence electrons. The van der Waals surface area contributed by atoms with Crippen molar-refractivity contribution in [3.63, 3.8) is 0 Å². The average Bonchev–Trinajstić information content (AvgIpc) is 2.48. The summed E-state index contributed by atoms with van der Waals surface area (Å²) in [7, 11) is 0. The molecule has 0 bridgehead atoms. The predicted octanol–water partition coefficient (Wildman–Crippen LogP) is 4.75. The number of benzene rings is 1. The van der Waals surface area contributed by atoms with E-state index in [4.69, 9.17) is 16.3 Å². The van der Waals surface area contributed by atoms with Crippen LogP contribution in [0.2, 0.25) is 5.02 Å². The first-order valence-electron chi connectivity index (χ1n) is 7.36. The lowest BCUT2D eigenvalue weighted by molar-refractivity contribution is 0.0508. The van der Waals surface area contributed by atoms with E-state index < -0.39 is 17.6 Å². The number of anilines is 2. The first-order chi connectivity index (χ1) is 11.7. The van der Waals surface area contributed by atoms with Crippen LogP contribution >= 0.6 is 34.2 Å². The summed E-state index contributed by atoms with van der Waals surface area (Å²) in [6.45, 7) is 5.15. The van der Waals surface area contributed by atoms with Crippen LogP contribution in [0.4, 0.5) is 16.2 Å². The number of carbonyl (C=O) groups is 2. The molecule has 2 N–H and O–H groups in total. The standard InChI is InChI=1S/C17H17ClIN3O3/c1-17(2,3)25-16(24)22-15(23)11-6-7-20-9-14(11)21-13-5-4-10(19)8-12(13)18/h4-9,21H,1-3H3,(H,22,23,24). The lowest BCUT2D eigenvalue weighted by Crippen LogP contribution is -2.36. The lowest BCUT2D eigenvalue weighted by Gasteiger charge is -2.19. The van der Waals surface area contributed by atoms with Gasteiger partial charge in [0, 0.05) is 9.77 Å². The fourth-order valence-electron chi connectivity index (χ4n) is 1.89. The van der Waals surface area contributed by atoms with Gasteiger partial charge in [0.05, 0.1) is 28.2 Å². The highest BCUT2D eigenvalue weighted by Gasteiger charge is 2.20. The molecule has 2 amide bonds. The number of alkyl carbamates (subject to hydrolysis) is 1. The molecule has 1 heterocycles. The van der Waals surface area contributed by atoms with E-state index in [1.54, 1.807) is 32.9 Å². The fourth-order valence-corrected chi connectivity index (χ4v) is 2.79. The van der Waals surface area contributed by atoms with Crippen molar-refractivity contribution in [2.45, 2.75) is 26.4 Å². The van der Waals surface area contributed by atoms with Crippen molar-refractivity contribution >= 4 is 57.6 Å². The summed E-state index contributed by atoms with van der Waals surface area (Å²) in [6, 6.07) is 6.97. The first kappa shape index (κ1) is 19.5. The largest absolute Gasteiger partial charge is 0.444 e. The van der Waals surface area contributed by atoms with E-state index in [2.05, 4.69) is 38.2 Å². The summed E-state index contributed by atoms with van der Waals surface area (Å²) in [5.41, 5.74) is 0.599. The van der Waals surface area contributed by atoms with Gasteiger partial charge in [-0.3, -0.25) is 15.1 Å². The van der Waals surface area contributed by atoms with Crippen molar-refractivity contribution in [3.8, 4) is 0 Å². The second kappa shape index (κ2) is 8.01. The van der Waals surface area contributed by atoms with Gasteiger partial charge in [0.25, 0.3) is 5.91 Å². The number of rotatable bonds is 3. The molecule has 8 heteroatoms. The van der Waals surface area contributed by atoms with Gasteiger partial charge >= 0.3 is 6.09 Å². The fraction of sp³-hybridized carbons (Fsp3) is 0.235. The van der Waals surface area contributed by atoms with Crippen LogP contribution in [0.25, 0.3) is 0 Å². The molecule has 0 radical (unpaired) electrons. The number of pyridine rings is 1. The minimum atomic E-state index is -0.812.